The summed E-state index contributed by atoms with van der Waals surface area (Å²) in [6.45, 7) is 2.25. The van der Waals surface area contributed by atoms with Crippen LogP contribution in [0.15, 0.2) is 40.2 Å². The molecule has 0 aliphatic heterocycles. The highest BCUT2D eigenvalue weighted by Crippen LogP contribution is 2.20. The van der Waals surface area contributed by atoms with Crippen molar-refractivity contribution in [2.45, 2.75) is 49.5 Å². The largest absolute Gasteiger partial charge is 0.378 e. The van der Waals surface area contributed by atoms with Crippen molar-refractivity contribution in [3.8, 4) is 0 Å². The number of nitrogens with zero attached hydrogens (tertiary/aromatic N) is 1. The van der Waals surface area contributed by atoms with Gasteiger partial charge in [-0.05, 0) is 31.4 Å². The van der Waals surface area contributed by atoms with Gasteiger partial charge < -0.3 is 15.4 Å². The number of aliphatic imine (C=N–C) groups is 1. The van der Waals surface area contributed by atoms with Gasteiger partial charge in [0.15, 0.2) is 5.96 Å². The minimum absolute atomic E-state index is 0.269. The smallest absolute Gasteiger partial charge is 0.240 e. The fourth-order valence-electron chi connectivity index (χ4n) is 3.03. The van der Waals surface area contributed by atoms with Crippen molar-refractivity contribution in [1.82, 2.24) is 15.4 Å². The monoisotopic (exact) mass is 396 g/mol. The number of sulfonamides is 1. The average Bonchev–Trinajstić information content (AvgIpc) is 2.70. The average molecular weight is 397 g/mol. The van der Waals surface area contributed by atoms with Crippen molar-refractivity contribution in [1.29, 1.82) is 0 Å². The predicted octanol–water partition coefficient (Wildman–Crippen LogP) is 1.87. The first-order chi connectivity index (χ1) is 13.1. The molecule has 27 heavy (non-hydrogen) atoms. The molecule has 0 atom stereocenters. The van der Waals surface area contributed by atoms with E-state index in [9.17, 15) is 8.42 Å². The number of nitrogens with one attached hydrogen (secondary N) is 3. The zero-order valence-electron chi connectivity index (χ0n) is 16.1. The van der Waals surface area contributed by atoms with Gasteiger partial charge >= 0.3 is 0 Å². The van der Waals surface area contributed by atoms with Crippen LogP contribution in [0.3, 0.4) is 0 Å². The second-order valence-corrected chi connectivity index (χ2v) is 8.39. The molecule has 152 valence electrons. The van der Waals surface area contributed by atoms with Crippen LogP contribution in [0.5, 0.6) is 0 Å². The summed E-state index contributed by atoms with van der Waals surface area (Å²) >= 11 is 0. The van der Waals surface area contributed by atoms with Crippen LogP contribution in [0.4, 0.5) is 0 Å². The molecule has 7 nitrogen and oxygen atoms in total. The molecule has 1 fully saturated rings. The third-order valence-corrected chi connectivity index (χ3v) is 5.98. The molecular formula is C19H32N4O3S. The van der Waals surface area contributed by atoms with Crippen LogP contribution in [0, 0.1) is 0 Å². The van der Waals surface area contributed by atoms with Crippen LogP contribution in [0.1, 0.15) is 38.5 Å². The third kappa shape index (κ3) is 8.28. The summed E-state index contributed by atoms with van der Waals surface area (Å²) in [4.78, 5) is 4.41. The summed E-state index contributed by atoms with van der Waals surface area (Å²) in [6.07, 6.45) is 7.64. The van der Waals surface area contributed by atoms with Gasteiger partial charge in [-0.2, -0.15) is 0 Å². The lowest BCUT2D eigenvalue weighted by Crippen LogP contribution is -2.42. The van der Waals surface area contributed by atoms with Crippen molar-refractivity contribution < 1.29 is 13.2 Å². The van der Waals surface area contributed by atoms with Gasteiger partial charge in [-0.25, -0.2) is 13.1 Å². The summed E-state index contributed by atoms with van der Waals surface area (Å²) in [5.41, 5.74) is 0. The number of hydrogen-bond donors (Lipinski definition) is 3. The van der Waals surface area contributed by atoms with E-state index in [1.54, 1.807) is 37.4 Å². The predicted molar refractivity (Wildman–Crippen MR) is 108 cm³/mol. The van der Waals surface area contributed by atoms with Crippen LogP contribution >= 0.6 is 0 Å². The van der Waals surface area contributed by atoms with E-state index in [4.69, 9.17) is 4.74 Å². The van der Waals surface area contributed by atoms with Crippen LogP contribution in [-0.2, 0) is 14.8 Å². The summed E-state index contributed by atoms with van der Waals surface area (Å²) < 4.78 is 32.7. The van der Waals surface area contributed by atoms with Gasteiger partial charge in [0.05, 0.1) is 11.0 Å². The second kappa shape index (κ2) is 11.9. The van der Waals surface area contributed by atoms with E-state index in [-0.39, 0.29) is 11.4 Å². The van der Waals surface area contributed by atoms with Gasteiger partial charge in [0, 0.05) is 33.3 Å². The fourth-order valence-corrected chi connectivity index (χ4v) is 4.08. The summed E-state index contributed by atoms with van der Waals surface area (Å²) in [6, 6.07) is 8.35. The van der Waals surface area contributed by atoms with Crippen molar-refractivity contribution in [2.75, 3.05) is 33.3 Å². The SMILES string of the molecule is CN=C(NCCCOC1CCCCC1)NCCNS(=O)(=O)c1ccccc1. The Morgan fingerprint density at radius 2 is 1.78 bits per heavy atom. The highest BCUT2D eigenvalue weighted by Gasteiger charge is 2.13. The van der Waals surface area contributed by atoms with E-state index in [1.165, 1.54) is 32.1 Å². The lowest BCUT2D eigenvalue weighted by Gasteiger charge is -2.22. The molecule has 1 aromatic rings. The minimum Gasteiger partial charge on any atom is -0.378 e. The van der Waals surface area contributed by atoms with E-state index >= 15 is 0 Å². The van der Waals surface area contributed by atoms with Gasteiger partial charge in [-0.15, -0.1) is 0 Å². The molecule has 1 aliphatic rings. The lowest BCUT2D eigenvalue weighted by atomic mass is 9.98. The van der Waals surface area contributed by atoms with Gasteiger partial charge in [-0.3, -0.25) is 4.99 Å². The number of rotatable bonds is 10. The molecule has 8 heteroatoms. The number of benzene rings is 1. The maximum Gasteiger partial charge on any atom is 0.240 e. The lowest BCUT2D eigenvalue weighted by molar-refractivity contribution is 0.0277. The maximum absolute atomic E-state index is 12.1. The molecule has 1 aliphatic carbocycles. The number of ether oxygens (including phenoxy) is 1. The minimum atomic E-state index is -3.47. The standard InChI is InChI=1S/C19H32N4O3S/c1-20-19(21-13-8-16-26-17-9-4-2-5-10-17)22-14-15-23-27(24,25)18-11-6-3-7-12-18/h3,6-7,11-12,17,23H,2,4-5,8-10,13-16H2,1H3,(H2,20,21,22). The van der Waals surface area contributed by atoms with E-state index in [2.05, 4.69) is 20.3 Å². The Morgan fingerprint density at radius 3 is 2.48 bits per heavy atom. The Kier molecular flexibility index (Phi) is 9.58. The zero-order chi connectivity index (χ0) is 19.4. The Bertz CT molecular complexity index is 659. The normalized spacial score (nSPS) is 16.3. The first-order valence-corrected chi connectivity index (χ1v) is 11.2. The Morgan fingerprint density at radius 1 is 1.07 bits per heavy atom. The first kappa shape index (κ1) is 21.7. The van der Waals surface area contributed by atoms with Gasteiger partial charge in [-0.1, -0.05) is 37.5 Å². The quantitative estimate of drug-likeness (QED) is 0.319. The molecule has 0 heterocycles. The molecule has 0 bridgehead atoms. The highest BCUT2D eigenvalue weighted by atomic mass is 32.2. The highest BCUT2D eigenvalue weighted by molar-refractivity contribution is 7.89. The summed E-state index contributed by atoms with van der Waals surface area (Å²) in [5, 5.41) is 6.32. The van der Waals surface area contributed by atoms with Crippen LogP contribution in [-0.4, -0.2) is 53.8 Å². The van der Waals surface area contributed by atoms with Crippen molar-refractivity contribution >= 4 is 16.0 Å². The molecule has 3 N–H and O–H groups in total. The maximum atomic E-state index is 12.1. The van der Waals surface area contributed by atoms with Crippen LogP contribution in [0.25, 0.3) is 0 Å². The van der Waals surface area contributed by atoms with Crippen LogP contribution < -0.4 is 15.4 Å². The summed E-state index contributed by atoms with van der Waals surface area (Å²) in [7, 11) is -1.77. The fraction of sp³-hybridized carbons (Fsp3) is 0.632. The Labute approximate surface area is 163 Å². The summed E-state index contributed by atoms with van der Waals surface area (Å²) in [5.74, 6) is 0.659. The van der Waals surface area contributed by atoms with E-state index in [1.807, 2.05) is 0 Å². The Balaban J connectivity index is 1.56. The van der Waals surface area contributed by atoms with Gasteiger partial charge in [0.2, 0.25) is 10.0 Å². The van der Waals surface area contributed by atoms with Crippen molar-refractivity contribution in [2.24, 2.45) is 4.99 Å². The molecule has 0 saturated heterocycles. The van der Waals surface area contributed by atoms with Crippen LogP contribution in [0.2, 0.25) is 0 Å². The van der Waals surface area contributed by atoms with E-state index in [0.717, 1.165) is 19.6 Å². The van der Waals surface area contributed by atoms with Gasteiger partial charge in [0.1, 0.15) is 0 Å². The molecule has 1 saturated carbocycles. The zero-order valence-corrected chi connectivity index (χ0v) is 16.9. The molecule has 0 aromatic heterocycles. The third-order valence-electron chi connectivity index (χ3n) is 4.51. The number of hydrogen-bond acceptors (Lipinski definition) is 4. The van der Waals surface area contributed by atoms with Crippen molar-refractivity contribution in [3.05, 3.63) is 30.3 Å². The molecule has 2 rings (SSSR count). The van der Waals surface area contributed by atoms with E-state index in [0.29, 0.717) is 18.6 Å². The molecule has 0 radical (unpaired) electrons. The molecular weight excluding hydrogens is 364 g/mol. The molecule has 0 amide bonds. The number of guanidine groups is 1. The first-order valence-electron chi connectivity index (χ1n) is 9.72. The molecule has 0 spiro atoms. The van der Waals surface area contributed by atoms with Gasteiger partial charge in [0.25, 0.3) is 0 Å². The molecule has 0 unspecified atom stereocenters. The van der Waals surface area contributed by atoms with E-state index < -0.39 is 10.0 Å². The van der Waals surface area contributed by atoms with Crippen molar-refractivity contribution in [3.63, 3.8) is 0 Å². The Hall–Kier alpha value is -1.64. The second-order valence-electron chi connectivity index (χ2n) is 6.62. The molecule has 1 aromatic carbocycles. The topological polar surface area (TPSA) is 91.8 Å².